The number of rotatable bonds is 7. The number of hydrogen-bond acceptors (Lipinski definition) is 7. The molecule has 2 aromatic rings. The number of anilines is 1. The Labute approximate surface area is 237 Å². The topological polar surface area (TPSA) is 151 Å². The van der Waals surface area contributed by atoms with E-state index < -0.39 is 73.9 Å². The molecule has 0 spiro atoms. The fraction of sp³-hybridized carbons (Fsp3) is 0.423. The highest BCUT2D eigenvalue weighted by Gasteiger charge is 2.56. The smallest absolute Gasteiger partial charge is 0.407 e. The van der Waals surface area contributed by atoms with Gasteiger partial charge in [-0.1, -0.05) is 11.6 Å². The fourth-order valence-corrected chi connectivity index (χ4v) is 8.30. The van der Waals surface area contributed by atoms with Crippen LogP contribution in [-0.2, 0) is 19.4 Å². The summed E-state index contributed by atoms with van der Waals surface area (Å²) >= 11 is 6.24. The third-order valence-corrected chi connectivity index (χ3v) is 10.7. The predicted octanol–water partition coefficient (Wildman–Crippen LogP) is 2.93. The molecule has 41 heavy (non-hydrogen) atoms. The minimum atomic E-state index is -4.11. The number of ether oxygens (including phenoxy) is 1. The molecular formula is C26H25ClF3N3O7S. The zero-order valence-corrected chi connectivity index (χ0v) is 22.8. The SMILES string of the molecule is O=C1NC(C(=O)NCC2(O)C3CCC2CC(S(=O)(=O)c2cc(C(=O)Nc4cc(F)c(F)c(F)c4)ccc2Cl)C3)CO1. The Morgan fingerprint density at radius 1 is 1.10 bits per heavy atom. The average molecular weight is 616 g/mol. The Kier molecular flexibility index (Phi) is 7.68. The van der Waals surface area contributed by atoms with E-state index in [4.69, 9.17) is 16.3 Å². The van der Waals surface area contributed by atoms with Gasteiger partial charge >= 0.3 is 6.09 Å². The molecule has 1 heterocycles. The van der Waals surface area contributed by atoms with Crippen molar-refractivity contribution < 1.29 is 45.8 Å². The van der Waals surface area contributed by atoms with E-state index in [0.717, 1.165) is 6.07 Å². The van der Waals surface area contributed by atoms with Crippen LogP contribution in [0.4, 0.5) is 23.7 Å². The summed E-state index contributed by atoms with van der Waals surface area (Å²) in [6.45, 7) is -0.257. The minimum Gasteiger partial charge on any atom is -0.447 e. The van der Waals surface area contributed by atoms with Gasteiger partial charge < -0.3 is 25.8 Å². The molecule has 2 bridgehead atoms. The number of cyclic esters (lactones) is 1. The maximum absolute atomic E-state index is 13.7. The molecule has 15 heteroatoms. The first-order valence-corrected chi connectivity index (χ1v) is 14.6. The Balaban J connectivity index is 1.30. The number of fused-ring (bicyclic) bond motifs is 2. The summed E-state index contributed by atoms with van der Waals surface area (Å²) in [5.74, 6) is -7.05. The van der Waals surface area contributed by atoms with Crippen molar-refractivity contribution in [1.82, 2.24) is 10.6 Å². The number of nitrogens with one attached hydrogen (secondary N) is 3. The molecule has 3 atom stereocenters. The van der Waals surface area contributed by atoms with Gasteiger partial charge in [-0.3, -0.25) is 9.59 Å². The van der Waals surface area contributed by atoms with E-state index in [0.29, 0.717) is 25.0 Å². The molecule has 5 rings (SSSR count). The van der Waals surface area contributed by atoms with Crippen molar-refractivity contribution in [3.05, 3.63) is 58.4 Å². The number of aliphatic hydroxyl groups is 1. The summed E-state index contributed by atoms with van der Waals surface area (Å²) in [4.78, 5) is 36.0. The number of alkyl carbamates (subject to hydrolysis) is 1. The summed E-state index contributed by atoms with van der Waals surface area (Å²) in [7, 11) is -4.11. The van der Waals surface area contributed by atoms with E-state index in [-0.39, 0.29) is 47.2 Å². The van der Waals surface area contributed by atoms with Crippen LogP contribution in [0.1, 0.15) is 36.0 Å². The van der Waals surface area contributed by atoms with Gasteiger partial charge in [0.25, 0.3) is 5.91 Å². The summed E-state index contributed by atoms with van der Waals surface area (Å²) < 4.78 is 72.5. The molecule has 0 aromatic heterocycles. The van der Waals surface area contributed by atoms with Gasteiger partial charge in [0, 0.05) is 29.9 Å². The van der Waals surface area contributed by atoms with E-state index in [9.17, 15) is 41.1 Å². The number of hydrogen-bond donors (Lipinski definition) is 4. The highest BCUT2D eigenvalue weighted by Crippen LogP contribution is 2.52. The van der Waals surface area contributed by atoms with Gasteiger partial charge in [-0.05, 0) is 55.7 Å². The lowest BCUT2D eigenvalue weighted by molar-refractivity contribution is -0.126. The zero-order valence-electron chi connectivity index (χ0n) is 21.3. The highest BCUT2D eigenvalue weighted by molar-refractivity contribution is 7.92. The molecule has 2 saturated carbocycles. The molecule has 4 N–H and O–H groups in total. The van der Waals surface area contributed by atoms with Gasteiger partial charge in [0.2, 0.25) is 5.91 Å². The maximum Gasteiger partial charge on any atom is 0.407 e. The van der Waals surface area contributed by atoms with Crippen LogP contribution in [0.2, 0.25) is 5.02 Å². The molecule has 0 radical (unpaired) electrons. The molecule has 220 valence electrons. The maximum atomic E-state index is 13.7. The standard InChI is InChI=1S/C26H25ClF3N3O7S/c27-17-4-1-12(23(34)32-15-8-18(28)22(30)19(29)9-15)5-21(17)41(38,39)16-6-13-2-3-14(7-16)26(13,37)11-31-24(35)20-10-40-25(36)33-20/h1,4-5,8-9,13-14,16,20,37H,2-3,6-7,10-11H2,(H,31,35)(H,32,34)(H,33,36). The first-order chi connectivity index (χ1) is 19.3. The van der Waals surface area contributed by atoms with Gasteiger partial charge in [0.05, 0.1) is 20.8 Å². The van der Waals surface area contributed by atoms with Crippen LogP contribution in [0.25, 0.3) is 0 Å². The largest absolute Gasteiger partial charge is 0.447 e. The minimum absolute atomic E-state index is 0.0787. The van der Waals surface area contributed by atoms with Crippen molar-refractivity contribution in [2.45, 2.75) is 47.5 Å². The van der Waals surface area contributed by atoms with Crippen molar-refractivity contribution in [3.63, 3.8) is 0 Å². The zero-order chi connectivity index (χ0) is 29.7. The van der Waals surface area contributed by atoms with Crippen molar-refractivity contribution in [2.75, 3.05) is 18.5 Å². The van der Waals surface area contributed by atoms with Crippen LogP contribution in [-0.4, -0.2) is 61.5 Å². The van der Waals surface area contributed by atoms with Crippen LogP contribution in [0.3, 0.4) is 0 Å². The van der Waals surface area contributed by atoms with E-state index in [1.807, 2.05) is 0 Å². The second-order valence-electron chi connectivity index (χ2n) is 10.5. The first-order valence-electron chi connectivity index (χ1n) is 12.7. The third-order valence-electron chi connectivity index (χ3n) is 8.09. The molecule has 1 aliphatic heterocycles. The van der Waals surface area contributed by atoms with E-state index >= 15 is 0 Å². The van der Waals surface area contributed by atoms with Crippen LogP contribution in [0.5, 0.6) is 0 Å². The summed E-state index contributed by atoms with van der Waals surface area (Å²) in [6.07, 6.45) is 0.513. The third kappa shape index (κ3) is 5.47. The van der Waals surface area contributed by atoms with E-state index in [1.165, 1.54) is 12.1 Å². The molecule has 3 fully saturated rings. The average Bonchev–Trinajstić information content (AvgIpc) is 3.38. The Hall–Kier alpha value is -3.36. The number of benzene rings is 2. The second-order valence-corrected chi connectivity index (χ2v) is 13.1. The van der Waals surface area contributed by atoms with Crippen LogP contribution in [0, 0.1) is 29.3 Å². The second kappa shape index (κ2) is 10.8. The van der Waals surface area contributed by atoms with Gasteiger partial charge in [-0.15, -0.1) is 0 Å². The lowest BCUT2D eigenvalue weighted by Gasteiger charge is -2.42. The van der Waals surface area contributed by atoms with Crippen molar-refractivity contribution in [3.8, 4) is 0 Å². The molecule has 2 aromatic carbocycles. The number of carbonyl (C=O) groups excluding carboxylic acids is 3. The molecule has 10 nitrogen and oxygen atoms in total. The molecule has 3 aliphatic rings. The normalized spacial score (nSPS) is 27.2. The van der Waals surface area contributed by atoms with Crippen LogP contribution < -0.4 is 16.0 Å². The summed E-state index contributed by atoms with van der Waals surface area (Å²) in [5.41, 5.74) is -1.89. The van der Waals surface area contributed by atoms with Gasteiger partial charge in [0.15, 0.2) is 27.3 Å². The van der Waals surface area contributed by atoms with Crippen molar-refractivity contribution >= 4 is 45.0 Å². The predicted molar refractivity (Wildman–Crippen MR) is 138 cm³/mol. The molecule has 2 aliphatic carbocycles. The number of amides is 3. The Bertz CT molecular complexity index is 1500. The summed E-state index contributed by atoms with van der Waals surface area (Å²) in [6, 6.07) is 3.80. The molecule has 3 unspecified atom stereocenters. The number of carbonyl (C=O) groups is 3. The van der Waals surface area contributed by atoms with E-state index in [1.54, 1.807) is 0 Å². The Morgan fingerprint density at radius 2 is 1.73 bits per heavy atom. The lowest BCUT2D eigenvalue weighted by atomic mass is 9.74. The first kappa shape index (κ1) is 29.1. The monoisotopic (exact) mass is 615 g/mol. The summed E-state index contributed by atoms with van der Waals surface area (Å²) in [5, 5.41) is 17.6. The number of halogens is 4. The van der Waals surface area contributed by atoms with Crippen LogP contribution in [0.15, 0.2) is 35.2 Å². The Morgan fingerprint density at radius 3 is 2.32 bits per heavy atom. The van der Waals surface area contributed by atoms with Crippen molar-refractivity contribution in [1.29, 1.82) is 0 Å². The van der Waals surface area contributed by atoms with Gasteiger partial charge in [-0.2, -0.15) is 0 Å². The van der Waals surface area contributed by atoms with Gasteiger partial charge in [0.1, 0.15) is 12.6 Å². The van der Waals surface area contributed by atoms with E-state index in [2.05, 4.69) is 16.0 Å². The van der Waals surface area contributed by atoms with Crippen LogP contribution >= 0.6 is 11.6 Å². The molecular weight excluding hydrogens is 591 g/mol. The molecule has 1 saturated heterocycles. The quantitative estimate of drug-likeness (QED) is 0.350. The molecule has 3 amide bonds. The highest BCUT2D eigenvalue weighted by atomic mass is 35.5. The lowest BCUT2D eigenvalue weighted by Crippen LogP contribution is -2.56. The fourth-order valence-electron chi connectivity index (χ4n) is 5.90. The van der Waals surface area contributed by atoms with Crippen molar-refractivity contribution in [2.24, 2.45) is 11.8 Å². The van der Waals surface area contributed by atoms with Gasteiger partial charge in [-0.25, -0.2) is 26.4 Å². The number of sulfone groups is 1.